The van der Waals surface area contributed by atoms with Crippen molar-refractivity contribution >= 4 is 11.4 Å². The zero-order valence-electron chi connectivity index (χ0n) is 9.13. The standard InChI is InChI=1S/C11H17FN2/c1-8(2)14(4)11-6-5-9(13-3)7-10(11)12/h5-8,13H,1-4H3. The lowest BCUT2D eigenvalue weighted by Crippen LogP contribution is -2.26. The van der Waals surface area contributed by atoms with Crippen LogP contribution in [0.2, 0.25) is 0 Å². The van der Waals surface area contributed by atoms with Crippen LogP contribution in [0.4, 0.5) is 15.8 Å². The Bertz CT molecular complexity index is 310. The van der Waals surface area contributed by atoms with Crippen LogP contribution in [-0.4, -0.2) is 20.1 Å². The molecule has 0 atom stereocenters. The Morgan fingerprint density at radius 1 is 1.36 bits per heavy atom. The van der Waals surface area contributed by atoms with E-state index >= 15 is 0 Å². The van der Waals surface area contributed by atoms with Crippen LogP contribution in [-0.2, 0) is 0 Å². The van der Waals surface area contributed by atoms with Crippen molar-refractivity contribution in [3.8, 4) is 0 Å². The average Bonchev–Trinajstić information content (AvgIpc) is 2.16. The highest BCUT2D eigenvalue weighted by Gasteiger charge is 2.10. The fraction of sp³-hybridized carbons (Fsp3) is 0.455. The second kappa shape index (κ2) is 4.31. The number of rotatable bonds is 3. The minimum atomic E-state index is -0.187. The molecule has 0 aliphatic carbocycles. The molecule has 0 heterocycles. The summed E-state index contributed by atoms with van der Waals surface area (Å²) in [5.74, 6) is -0.187. The second-order valence-electron chi connectivity index (χ2n) is 3.62. The summed E-state index contributed by atoms with van der Waals surface area (Å²) in [4.78, 5) is 1.91. The third-order valence-corrected chi connectivity index (χ3v) is 2.39. The van der Waals surface area contributed by atoms with Crippen LogP contribution in [0, 0.1) is 5.82 Å². The normalized spacial score (nSPS) is 10.4. The lowest BCUT2D eigenvalue weighted by atomic mass is 10.2. The zero-order chi connectivity index (χ0) is 10.7. The van der Waals surface area contributed by atoms with Gasteiger partial charge in [0.25, 0.3) is 0 Å². The Labute approximate surface area is 84.7 Å². The predicted octanol–water partition coefficient (Wildman–Crippen LogP) is 2.71. The summed E-state index contributed by atoms with van der Waals surface area (Å²) in [5.41, 5.74) is 1.43. The van der Waals surface area contributed by atoms with Gasteiger partial charge in [0.15, 0.2) is 0 Å². The molecule has 1 aromatic carbocycles. The first-order valence-electron chi connectivity index (χ1n) is 4.76. The maximum atomic E-state index is 13.6. The molecular weight excluding hydrogens is 179 g/mol. The van der Waals surface area contributed by atoms with Crippen molar-refractivity contribution < 1.29 is 4.39 Å². The Morgan fingerprint density at radius 2 is 2.00 bits per heavy atom. The molecule has 0 fully saturated rings. The molecule has 0 spiro atoms. The number of nitrogens with zero attached hydrogens (tertiary/aromatic N) is 1. The van der Waals surface area contributed by atoms with Crippen LogP contribution in [0.5, 0.6) is 0 Å². The highest BCUT2D eigenvalue weighted by Crippen LogP contribution is 2.22. The quantitative estimate of drug-likeness (QED) is 0.799. The van der Waals surface area contributed by atoms with Gasteiger partial charge in [-0.15, -0.1) is 0 Å². The van der Waals surface area contributed by atoms with E-state index in [1.54, 1.807) is 13.1 Å². The fourth-order valence-electron chi connectivity index (χ4n) is 1.23. The van der Waals surface area contributed by atoms with Crippen molar-refractivity contribution in [2.24, 2.45) is 0 Å². The number of halogens is 1. The summed E-state index contributed by atoms with van der Waals surface area (Å²) >= 11 is 0. The molecule has 0 unspecified atom stereocenters. The molecule has 2 nitrogen and oxygen atoms in total. The number of anilines is 2. The molecular formula is C11H17FN2. The molecule has 0 radical (unpaired) electrons. The summed E-state index contributed by atoms with van der Waals surface area (Å²) in [7, 11) is 3.67. The van der Waals surface area contributed by atoms with Gasteiger partial charge in [0.2, 0.25) is 0 Å². The maximum Gasteiger partial charge on any atom is 0.148 e. The van der Waals surface area contributed by atoms with Crippen molar-refractivity contribution in [2.75, 3.05) is 24.3 Å². The zero-order valence-corrected chi connectivity index (χ0v) is 9.13. The van der Waals surface area contributed by atoms with Gasteiger partial charge < -0.3 is 10.2 Å². The molecule has 1 aromatic rings. The summed E-state index contributed by atoms with van der Waals surface area (Å²) in [5, 5.41) is 2.90. The second-order valence-corrected chi connectivity index (χ2v) is 3.62. The lowest BCUT2D eigenvalue weighted by molar-refractivity contribution is 0.614. The molecule has 0 amide bonds. The number of hydrogen-bond acceptors (Lipinski definition) is 2. The first kappa shape index (κ1) is 10.8. The van der Waals surface area contributed by atoms with E-state index in [-0.39, 0.29) is 5.82 Å². The minimum absolute atomic E-state index is 0.187. The van der Waals surface area contributed by atoms with Crippen LogP contribution in [0.3, 0.4) is 0 Å². The predicted molar refractivity (Wildman–Crippen MR) is 59.5 cm³/mol. The van der Waals surface area contributed by atoms with Gasteiger partial charge in [-0.3, -0.25) is 0 Å². The van der Waals surface area contributed by atoms with E-state index in [9.17, 15) is 4.39 Å². The summed E-state index contributed by atoms with van der Waals surface area (Å²) in [6, 6.07) is 5.47. The van der Waals surface area contributed by atoms with E-state index in [4.69, 9.17) is 0 Å². The SMILES string of the molecule is CNc1ccc(N(C)C(C)C)c(F)c1. The van der Waals surface area contributed by atoms with Gasteiger partial charge in [-0.2, -0.15) is 0 Å². The Morgan fingerprint density at radius 3 is 2.43 bits per heavy atom. The first-order chi connectivity index (χ1) is 6.56. The van der Waals surface area contributed by atoms with E-state index < -0.39 is 0 Å². The van der Waals surface area contributed by atoms with Gasteiger partial charge >= 0.3 is 0 Å². The topological polar surface area (TPSA) is 15.3 Å². The van der Waals surface area contributed by atoms with Crippen molar-refractivity contribution in [1.82, 2.24) is 0 Å². The molecule has 0 bridgehead atoms. The highest BCUT2D eigenvalue weighted by atomic mass is 19.1. The van der Waals surface area contributed by atoms with E-state index in [2.05, 4.69) is 5.32 Å². The summed E-state index contributed by atoms with van der Waals surface area (Å²) in [6.45, 7) is 4.07. The van der Waals surface area contributed by atoms with Crippen LogP contribution in [0.25, 0.3) is 0 Å². The van der Waals surface area contributed by atoms with Gasteiger partial charge in [0.1, 0.15) is 5.82 Å². The molecule has 0 saturated carbocycles. The molecule has 3 heteroatoms. The van der Waals surface area contributed by atoms with E-state index in [0.29, 0.717) is 11.7 Å². The van der Waals surface area contributed by atoms with Crippen molar-refractivity contribution in [2.45, 2.75) is 19.9 Å². The lowest BCUT2D eigenvalue weighted by Gasteiger charge is -2.24. The Hall–Kier alpha value is -1.25. The molecule has 0 saturated heterocycles. The van der Waals surface area contributed by atoms with Crippen molar-refractivity contribution in [1.29, 1.82) is 0 Å². The summed E-state index contributed by atoms with van der Waals surface area (Å²) in [6.07, 6.45) is 0. The third-order valence-electron chi connectivity index (χ3n) is 2.39. The van der Waals surface area contributed by atoms with E-state index in [0.717, 1.165) is 5.69 Å². The minimum Gasteiger partial charge on any atom is -0.388 e. The van der Waals surface area contributed by atoms with E-state index in [1.165, 1.54) is 6.07 Å². The van der Waals surface area contributed by atoms with Gasteiger partial charge in [0.05, 0.1) is 5.69 Å². The number of benzene rings is 1. The van der Waals surface area contributed by atoms with Gasteiger partial charge in [0, 0.05) is 25.8 Å². The Balaban J connectivity index is 2.99. The van der Waals surface area contributed by atoms with E-state index in [1.807, 2.05) is 31.9 Å². The smallest absolute Gasteiger partial charge is 0.148 e. The Kier molecular flexibility index (Phi) is 3.33. The van der Waals surface area contributed by atoms with Gasteiger partial charge in [-0.25, -0.2) is 4.39 Å². The van der Waals surface area contributed by atoms with Gasteiger partial charge in [-0.1, -0.05) is 0 Å². The number of nitrogens with one attached hydrogen (secondary N) is 1. The molecule has 0 aromatic heterocycles. The fourth-order valence-corrected chi connectivity index (χ4v) is 1.23. The largest absolute Gasteiger partial charge is 0.388 e. The highest BCUT2D eigenvalue weighted by molar-refractivity contribution is 5.56. The number of hydrogen-bond donors (Lipinski definition) is 1. The average molecular weight is 196 g/mol. The molecule has 0 aliphatic rings. The molecule has 78 valence electrons. The molecule has 1 N–H and O–H groups in total. The van der Waals surface area contributed by atoms with Crippen molar-refractivity contribution in [3.05, 3.63) is 24.0 Å². The molecule has 1 rings (SSSR count). The van der Waals surface area contributed by atoms with Crippen LogP contribution >= 0.6 is 0 Å². The van der Waals surface area contributed by atoms with Crippen LogP contribution in [0.1, 0.15) is 13.8 Å². The molecule has 14 heavy (non-hydrogen) atoms. The summed E-state index contributed by atoms with van der Waals surface area (Å²) < 4.78 is 13.6. The van der Waals surface area contributed by atoms with Gasteiger partial charge in [-0.05, 0) is 32.0 Å². The van der Waals surface area contributed by atoms with Crippen LogP contribution in [0.15, 0.2) is 18.2 Å². The van der Waals surface area contributed by atoms with Crippen molar-refractivity contribution in [3.63, 3.8) is 0 Å². The first-order valence-corrected chi connectivity index (χ1v) is 4.76. The molecule has 0 aliphatic heterocycles. The monoisotopic (exact) mass is 196 g/mol. The third kappa shape index (κ3) is 2.16. The van der Waals surface area contributed by atoms with Crippen LogP contribution < -0.4 is 10.2 Å². The maximum absolute atomic E-state index is 13.6.